The van der Waals surface area contributed by atoms with Crippen LogP contribution < -0.4 is 10.2 Å². The Morgan fingerprint density at radius 2 is 2.03 bits per heavy atom. The molecule has 0 aromatic carbocycles. The Hall–Kier alpha value is -2.75. The number of nitrogens with zero attached hydrogens (tertiary/aromatic N) is 5. The molecule has 4 rings (SSSR count). The van der Waals surface area contributed by atoms with Gasteiger partial charge in [0, 0.05) is 50.1 Å². The van der Waals surface area contributed by atoms with E-state index < -0.39 is 6.43 Å². The zero-order valence-electron chi connectivity index (χ0n) is 18.7. The van der Waals surface area contributed by atoms with Gasteiger partial charge in [0.2, 0.25) is 0 Å². The van der Waals surface area contributed by atoms with Gasteiger partial charge in [-0.25, -0.2) is 18.6 Å². The lowest BCUT2D eigenvalue weighted by molar-refractivity contribution is 0.107. The zero-order valence-corrected chi connectivity index (χ0v) is 18.7. The summed E-state index contributed by atoms with van der Waals surface area (Å²) in [6.45, 7) is 2.58. The third kappa shape index (κ3) is 4.15. The van der Waals surface area contributed by atoms with Gasteiger partial charge in [-0.15, -0.1) is 0 Å². The number of aliphatic hydroxyl groups excluding tert-OH is 1. The number of alkyl halides is 2. The molecule has 3 heterocycles. The molecule has 10 heteroatoms. The average Bonchev–Trinajstić information content (AvgIpc) is 3.17. The standard InChI is InChI=1S/C22H30F2N6O2/c1-13-11-26-19(10-16(13)20(23)24)28(3)21-17-12-29(22(32)25-2)9-8-18(17)30(27-21)14-4-6-15(31)7-5-14/h10-11,14-15,20,31H,4-9,12H2,1-3H3,(H,25,32). The van der Waals surface area contributed by atoms with Crippen LogP contribution in [0.4, 0.5) is 25.2 Å². The van der Waals surface area contributed by atoms with Gasteiger partial charge in [-0.3, -0.25) is 4.68 Å². The van der Waals surface area contributed by atoms with Crippen molar-refractivity contribution in [3.63, 3.8) is 0 Å². The van der Waals surface area contributed by atoms with E-state index in [9.17, 15) is 18.7 Å². The van der Waals surface area contributed by atoms with E-state index in [4.69, 9.17) is 5.10 Å². The maximum absolute atomic E-state index is 13.5. The third-order valence-electron chi connectivity index (χ3n) is 6.60. The number of urea groups is 1. The Balaban J connectivity index is 1.74. The number of carbonyl (C=O) groups is 1. The zero-order chi connectivity index (χ0) is 23.0. The second kappa shape index (κ2) is 9.01. The van der Waals surface area contributed by atoms with Crippen LogP contribution in [-0.2, 0) is 13.0 Å². The SMILES string of the molecule is CNC(=O)N1CCc2c(c(N(C)c3cc(C(F)F)c(C)cn3)nn2C2CCC(O)CC2)C1. The van der Waals surface area contributed by atoms with Crippen LogP contribution in [0.15, 0.2) is 12.3 Å². The van der Waals surface area contributed by atoms with Gasteiger partial charge in [0.25, 0.3) is 6.43 Å². The number of hydrogen-bond acceptors (Lipinski definition) is 5. The molecule has 0 unspecified atom stereocenters. The number of aryl methyl sites for hydroxylation is 1. The summed E-state index contributed by atoms with van der Waals surface area (Å²) < 4.78 is 29.0. The Bertz CT molecular complexity index is 987. The molecule has 0 radical (unpaired) electrons. The number of hydrogen-bond donors (Lipinski definition) is 2. The van der Waals surface area contributed by atoms with Crippen LogP contribution in [0, 0.1) is 6.92 Å². The van der Waals surface area contributed by atoms with Gasteiger partial charge < -0.3 is 20.2 Å². The first-order valence-electron chi connectivity index (χ1n) is 11.0. The number of amides is 2. The van der Waals surface area contributed by atoms with Crippen molar-refractivity contribution >= 4 is 17.7 Å². The largest absolute Gasteiger partial charge is 0.393 e. The van der Waals surface area contributed by atoms with Crippen LogP contribution in [0.25, 0.3) is 0 Å². The van der Waals surface area contributed by atoms with Crippen LogP contribution >= 0.6 is 0 Å². The van der Waals surface area contributed by atoms with Crippen molar-refractivity contribution in [2.45, 2.75) is 64.1 Å². The van der Waals surface area contributed by atoms with Crippen molar-refractivity contribution < 1.29 is 18.7 Å². The van der Waals surface area contributed by atoms with E-state index >= 15 is 0 Å². The topological polar surface area (TPSA) is 86.5 Å². The summed E-state index contributed by atoms with van der Waals surface area (Å²) in [6.07, 6.45) is 2.37. The molecule has 32 heavy (non-hydrogen) atoms. The molecular weight excluding hydrogens is 418 g/mol. The van der Waals surface area contributed by atoms with Gasteiger partial charge in [0.05, 0.1) is 18.7 Å². The van der Waals surface area contributed by atoms with Gasteiger partial charge >= 0.3 is 6.03 Å². The minimum Gasteiger partial charge on any atom is -0.393 e. The molecular formula is C22H30F2N6O2. The number of rotatable bonds is 4. The molecule has 2 N–H and O–H groups in total. The highest BCUT2D eigenvalue weighted by Gasteiger charge is 2.33. The maximum Gasteiger partial charge on any atom is 0.317 e. The number of carbonyl (C=O) groups excluding carboxylic acids is 1. The lowest BCUT2D eigenvalue weighted by atomic mass is 9.93. The molecule has 1 saturated carbocycles. The predicted octanol–water partition coefficient (Wildman–Crippen LogP) is 3.47. The van der Waals surface area contributed by atoms with E-state index in [2.05, 4.69) is 10.3 Å². The lowest BCUT2D eigenvalue weighted by Gasteiger charge is -2.30. The minimum atomic E-state index is -2.59. The first kappa shape index (κ1) is 22.4. The summed E-state index contributed by atoms with van der Waals surface area (Å²) in [5.74, 6) is 1.01. The van der Waals surface area contributed by atoms with Crippen molar-refractivity contribution in [2.75, 3.05) is 25.5 Å². The van der Waals surface area contributed by atoms with Crippen LogP contribution in [-0.4, -0.2) is 57.5 Å². The molecule has 2 aromatic heterocycles. The minimum absolute atomic E-state index is 0.0524. The van der Waals surface area contributed by atoms with Gasteiger partial charge in [0.15, 0.2) is 5.82 Å². The second-order valence-corrected chi connectivity index (χ2v) is 8.64. The van der Waals surface area contributed by atoms with E-state index in [0.717, 1.165) is 36.9 Å². The number of nitrogens with one attached hydrogen (secondary N) is 1. The highest BCUT2D eigenvalue weighted by atomic mass is 19.3. The van der Waals surface area contributed by atoms with Gasteiger partial charge in [-0.1, -0.05) is 0 Å². The summed E-state index contributed by atoms with van der Waals surface area (Å²) in [6, 6.07) is 1.41. The molecule has 0 saturated heterocycles. The summed E-state index contributed by atoms with van der Waals surface area (Å²) >= 11 is 0. The molecule has 2 aliphatic rings. The van der Waals surface area contributed by atoms with Crippen molar-refractivity contribution in [1.29, 1.82) is 0 Å². The first-order chi connectivity index (χ1) is 15.3. The van der Waals surface area contributed by atoms with Crippen molar-refractivity contribution in [1.82, 2.24) is 25.0 Å². The number of pyridine rings is 1. The molecule has 174 valence electrons. The number of aliphatic hydroxyl groups is 1. The molecule has 1 fully saturated rings. The van der Waals surface area contributed by atoms with Crippen molar-refractivity contribution in [3.05, 3.63) is 34.6 Å². The molecule has 0 spiro atoms. The van der Waals surface area contributed by atoms with E-state index in [0.29, 0.717) is 36.7 Å². The molecule has 1 aliphatic heterocycles. The maximum atomic E-state index is 13.5. The van der Waals surface area contributed by atoms with Gasteiger partial charge in [-0.2, -0.15) is 5.10 Å². The average molecular weight is 449 g/mol. The van der Waals surface area contributed by atoms with E-state index in [1.165, 1.54) is 12.3 Å². The fourth-order valence-electron chi connectivity index (χ4n) is 4.69. The third-order valence-corrected chi connectivity index (χ3v) is 6.60. The highest BCUT2D eigenvalue weighted by Crippen LogP contribution is 2.37. The van der Waals surface area contributed by atoms with E-state index in [-0.39, 0.29) is 23.7 Å². The molecule has 2 aromatic rings. The fourth-order valence-corrected chi connectivity index (χ4v) is 4.69. The summed E-state index contributed by atoms with van der Waals surface area (Å²) in [5.41, 5.74) is 2.36. The normalized spacial score (nSPS) is 20.9. The van der Waals surface area contributed by atoms with Crippen LogP contribution in [0.5, 0.6) is 0 Å². The quantitative estimate of drug-likeness (QED) is 0.748. The smallest absolute Gasteiger partial charge is 0.317 e. The van der Waals surface area contributed by atoms with Gasteiger partial charge in [0.1, 0.15) is 5.82 Å². The second-order valence-electron chi connectivity index (χ2n) is 8.64. The Kier molecular flexibility index (Phi) is 6.32. The molecule has 2 amide bonds. The highest BCUT2D eigenvalue weighted by molar-refractivity contribution is 5.75. The molecule has 8 nitrogen and oxygen atoms in total. The predicted molar refractivity (Wildman–Crippen MR) is 116 cm³/mol. The van der Waals surface area contributed by atoms with Crippen LogP contribution in [0.1, 0.15) is 60.5 Å². The van der Waals surface area contributed by atoms with Crippen molar-refractivity contribution in [3.8, 4) is 0 Å². The molecule has 0 atom stereocenters. The Labute approximate surface area is 186 Å². The molecule has 1 aliphatic carbocycles. The summed E-state index contributed by atoms with van der Waals surface area (Å²) in [7, 11) is 3.37. The molecule has 0 bridgehead atoms. The van der Waals surface area contributed by atoms with Crippen LogP contribution in [0.2, 0.25) is 0 Å². The summed E-state index contributed by atoms with van der Waals surface area (Å²) in [5, 5.41) is 17.5. The number of aromatic nitrogens is 3. The summed E-state index contributed by atoms with van der Waals surface area (Å²) in [4.78, 5) is 20.1. The van der Waals surface area contributed by atoms with E-state index in [1.807, 2.05) is 4.68 Å². The Morgan fingerprint density at radius 3 is 2.69 bits per heavy atom. The number of fused-ring (bicyclic) bond motifs is 1. The fraction of sp³-hybridized carbons (Fsp3) is 0.591. The Morgan fingerprint density at radius 1 is 1.31 bits per heavy atom. The lowest BCUT2D eigenvalue weighted by Crippen LogP contribution is -2.41. The first-order valence-corrected chi connectivity index (χ1v) is 11.0. The van der Waals surface area contributed by atoms with Crippen LogP contribution in [0.3, 0.4) is 0 Å². The van der Waals surface area contributed by atoms with E-state index in [1.54, 1.807) is 30.8 Å². The van der Waals surface area contributed by atoms with Gasteiger partial charge in [-0.05, 0) is 44.2 Å². The van der Waals surface area contributed by atoms with Crippen molar-refractivity contribution in [2.24, 2.45) is 0 Å². The monoisotopic (exact) mass is 448 g/mol. The number of anilines is 2. The number of halogens is 2.